The van der Waals surface area contributed by atoms with E-state index in [-0.39, 0.29) is 17.4 Å². The van der Waals surface area contributed by atoms with Crippen molar-refractivity contribution in [1.82, 2.24) is 29.9 Å². The van der Waals surface area contributed by atoms with Gasteiger partial charge < -0.3 is 14.4 Å². The van der Waals surface area contributed by atoms with Crippen molar-refractivity contribution in [3.05, 3.63) is 65.8 Å². The third kappa shape index (κ3) is 3.31. The average molecular weight is 406 g/mol. The van der Waals surface area contributed by atoms with Crippen molar-refractivity contribution < 1.29 is 9.32 Å². The second kappa shape index (κ2) is 7.36. The fourth-order valence-electron chi connectivity index (χ4n) is 5.21. The van der Waals surface area contributed by atoms with Gasteiger partial charge in [-0.05, 0) is 31.2 Å². The van der Waals surface area contributed by atoms with E-state index in [4.69, 9.17) is 4.52 Å². The number of carbonyl (C=O) groups excluding carboxylic acids is 1. The summed E-state index contributed by atoms with van der Waals surface area (Å²) in [6.07, 6.45) is 4.94. The summed E-state index contributed by atoms with van der Waals surface area (Å²) >= 11 is 0. The molecule has 3 unspecified atom stereocenters. The van der Waals surface area contributed by atoms with Gasteiger partial charge in [-0.2, -0.15) is 4.98 Å². The van der Waals surface area contributed by atoms with E-state index in [0.717, 1.165) is 32.5 Å². The van der Waals surface area contributed by atoms with Gasteiger partial charge in [-0.15, -0.1) is 0 Å². The highest BCUT2D eigenvalue weighted by molar-refractivity contribution is 5.92. The van der Waals surface area contributed by atoms with Crippen LogP contribution < -0.4 is 5.32 Å². The SMILES string of the molecule is Cc1noc(C23CC(NC(=O)c4cncn4C)CC2CN(Cc2ccccc2)C3)n1. The van der Waals surface area contributed by atoms with Crippen molar-refractivity contribution in [2.24, 2.45) is 13.0 Å². The van der Waals surface area contributed by atoms with Gasteiger partial charge in [0.25, 0.3) is 5.91 Å². The Labute approximate surface area is 175 Å². The van der Waals surface area contributed by atoms with E-state index < -0.39 is 0 Å². The Hall–Kier alpha value is -3.00. The van der Waals surface area contributed by atoms with Crippen LogP contribution in [0.3, 0.4) is 0 Å². The summed E-state index contributed by atoms with van der Waals surface area (Å²) in [7, 11) is 1.83. The van der Waals surface area contributed by atoms with E-state index in [1.807, 2.05) is 20.0 Å². The normalized spacial score (nSPS) is 26.1. The van der Waals surface area contributed by atoms with Crippen LogP contribution in [0.4, 0.5) is 0 Å². The van der Waals surface area contributed by atoms with Crippen LogP contribution in [0.1, 0.15) is 40.6 Å². The Morgan fingerprint density at radius 2 is 2.17 bits per heavy atom. The number of hydrogen-bond acceptors (Lipinski definition) is 6. The molecule has 1 aromatic carbocycles. The van der Waals surface area contributed by atoms with Gasteiger partial charge >= 0.3 is 0 Å². The Bertz CT molecular complexity index is 1040. The molecule has 2 aliphatic rings. The number of fused-ring (bicyclic) bond motifs is 1. The molecule has 3 atom stereocenters. The van der Waals surface area contributed by atoms with Crippen molar-refractivity contribution in [3.63, 3.8) is 0 Å². The predicted octanol–water partition coefficient (Wildman–Crippen LogP) is 2.07. The van der Waals surface area contributed by atoms with E-state index in [2.05, 4.69) is 49.6 Å². The molecule has 0 spiro atoms. The fraction of sp³-hybridized carbons (Fsp3) is 0.455. The van der Waals surface area contributed by atoms with Crippen molar-refractivity contribution in [2.75, 3.05) is 13.1 Å². The van der Waals surface area contributed by atoms with Crippen molar-refractivity contribution in [2.45, 2.75) is 37.8 Å². The molecular weight excluding hydrogens is 380 g/mol. The van der Waals surface area contributed by atoms with Crippen LogP contribution in [0.5, 0.6) is 0 Å². The van der Waals surface area contributed by atoms with Gasteiger partial charge in [0.2, 0.25) is 5.89 Å². The van der Waals surface area contributed by atoms with Crippen molar-refractivity contribution >= 4 is 5.91 Å². The van der Waals surface area contributed by atoms with Crippen LogP contribution in [0.2, 0.25) is 0 Å². The molecule has 1 saturated carbocycles. The zero-order chi connectivity index (χ0) is 20.7. The minimum atomic E-state index is -0.222. The molecule has 1 amide bonds. The zero-order valence-electron chi connectivity index (χ0n) is 17.3. The van der Waals surface area contributed by atoms with Crippen molar-refractivity contribution in [3.8, 4) is 0 Å². The van der Waals surface area contributed by atoms with Crippen LogP contribution in [0.15, 0.2) is 47.4 Å². The summed E-state index contributed by atoms with van der Waals surface area (Å²) in [5.74, 6) is 1.63. The molecule has 5 rings (SSSR count). The Morgan fingerprint density at radius 1 is 1.33 bits per heavy atom. The van der Waals surface area contributed by atoms with E-state index >= 15 is 0 Å². The van der Waals surface area contributed by atoms with Gasteiger partial charge in [-0.1, -0.05) is 35.5 Å². The molecule has 2 aromatic heterocycles. The van der Waals surface area contributed by atoms with E-state index in [9.17, 15) is 4.79 Å². The summed E-state index contributed by atoms with van der Waals surface area (Å²) in [6.45, 7) is 4.56. The molecule has 156 valence electrons. The summed E-state index contributed by atoms with van der Waals surface area (Å²) < 4.78 is 7.42. The molecular formula is C22H26N6O2. The third-order valence-corrected chi connectivity index (χ3v) is 6.53. The highest BCUT2D eigenvalue weighted by atomic mass is 16.5. The molecule has 1 saturated heterocycles. The molecule has 3 heterocycles. The molecule has 0 radical (unpaired) electrons. The number of imidazole rings is 1. The minimum absolute atomic E-state index is 0.0727. The van der Waals surface area contributed by atoms with Gasteiger partial charge in [0.15, 0.2) is 5.82 Å². The summed E-state index contributed by atoms with van der Waals surface area (Å²) in [4.78, 5) is 23.9. The number of nitrogens with one attached hydrogen (secondary N) is 1. The number of rotatable bonds is 5. The number of amides is 1. The van der Waals surface area contributed by atoms with E-state index in [0.29, 0.717) is 23.3 Å². The van der Waals surface area contributed by atoms with Crippen LogP contribution in [-0.4, -0.2) is 49.6 Å². The number of carbonyl (C=O) groups is 1. The Morgan fingerprint density at radius 3 is 2.87 bits per heavy atom. The molecule has 8 nitrogen and oxygen atoms in total. The number of aryl methyl sites for hydroxylation is 2. The largest absolute Gasteiger partial charge is 0.348 e. The Balaban J connectivity index is 1.36. The van der Waals surface area contributed by atoms with Crippen LogP contribution in [0, 0.1) is 12.8 Å². The maximum atomic E-state index is 12.7. The van der Waals surface area contributed by atoms with Gasteiger partial charge in [0.05, 0.1) is 17.9 Å². The smallest absolute Gasteiger partial charge is 0.269 e. The second-order valence-corrected chi connectivity index (χ2v) is 8.66. The lowest BCUT2D eigenvalue weighted by Crippen LogP contribution is -2.38. The maximum absolute atomic E-state index is 12.7. The number of benzene rings is 1. The molecule has 30 heavy (non-hydrogen) atoms. The highest BCUT2D eigenvalue weighted by Gasteiger charge is 2.57. The van der Waals surface area contributed by atoms with Crippen LogP contribution >= 0.6 is 0 Å². The first kappa shape index (κ1) is 19.0. The van der Waals surface area contributed by atoms with E-state index in [1.165, 1.54) is 5.56 Å². The number of hydrogen-bond donors (Lipinski definition) is 1. The number of likely N-dealkylation sites (tertiary alicyclic amines) is 1. The lowest BCUT2D eigenvalue weighted by molar-refractivity contribution is 0.0925. The molecule has 1 aliphatic carbocycles. The molecule has 1 aliphatic heterocycles. The summed E-state index contributed by atoms with van der Waals surface area (Å²) in [5, 5.41) is 7.27. The zero-order valence-corrected chi connectivity index (χ0v) is 17.3. The van der Waals surface area contributed by atoms with Gasteiger partial charge in [0, 0.05) is 32.7 Å². The quantitative estimate of drug-likeness (QED) is 0.698. The lowest BCUT2D eigenvalue weighted by atomic mass is 9.80. The van der Waals surface area contributed by atoms with Crippen molar-refractivity contribution in [1.29, 1.82) is 0 Å². The summed E-state index contributed by atoms with van der Waals surface area (Å²) in [6, 6.07) is 10.6. The average Bonchev–Trinajstić information content (AvgIpc) is 3.46. The highest BCUT2D eigenvalue weighted by Crippen LogP contribution is 2.50. The maximum Gasteiger partial charge on any atom is 0.269 e. The lowest BCUT2D eigenvalue weighted by Gasteiger charge is -2.25. The number of nitrogens with zero attached hydrogens (tertiary/aromatic N) is 5. The minimum Gasteiger partial charge on any atom is -0.348 e. The van der Waals surface area contributed by atoms with Gasteiger partial charge in [-0.25, -0.2) is 4.98 Å². The first-order valence-corrected chi connectivity index (χ1v) is 10.4. The molecule has 8 heteroatoms. The van der Waals surface area contributed by atoms with Crippen LogP contribution in [-0.2, 0) is 19.0 Å². The van der Waals surface area contributed by atoms with Gasteiger partial charge in [-0.3, -0.25) is 9.69 Å². The summed E-state index contributed by atoms with van der Waals surface area (Å²) in [5.41, 5.74) is 1.65. The first-order chi connectivity index (χ1) is 14.5. The molecule has 1 N–H and O–H groups in total. The monoisotopic (exact) mass is 406 g/mol. The third-order valence-electron chi connectivity index (χ3n) is 6.53. The standard InChI is InChI=1S/C22H26N6O2/c1-15-24-21(30-26-15)22-9-18(25-20(29)19-10-23-14-27(19)2)8-17(22)12-28(13-22)11-16-6-4-3-5-7-16/h3-7,10,14,17-18H,8-9,11-13H2,1-2H3,(H,25,29). The predicted molar refractivity (Wildman–Crippen MR) is 110 cm³/mol. The Kier molecular flexibility index (Phi) is 4.66. The molecule has 3 aromatic rings. The molecule has 0 bridgehead atoms. The van der Waals surface area contributed by atoms with E-state index in [1.54, 1.807) is 17.1 Å². The first-order valence-electron chi connectivity index (χ1n) is 10.4. The van der Waals surface area contributed by atoms with Crippen LogP contribution in [0.25, 0.3) is 0 Å². The topological polar surface area (TPSA) is 89.1 Å². The fourth-order valence-corrected chi connectivity index (χ4v) is 5.21. The number of aromatic nitrogens is 4. The second-order valence-electron chi connectivity index (χ2n) is 8.66. The molecule has 2 fully saturated rings. The van der Waals surface area contributed by atoms with Gasteiger partial charge in [0.1, 0.15) is 5.69 Å².